The molecule has 6 heteroatoms. The Labute approximate surface area is 127 Å². The number of aromatic carboxylic acids is 1. The minimum Gasteiger partial charge on any atom is -0.497 e. The van der Waals surface area contributed by atoms with Crippen LogP contribution in [-0.4, -0.2) is 25.3 Å². The number of carbonyl (C=O) groups is 1. The Morgan fingerprint density at radius 3 is 2.48 bits per heavy atom. The largest absolute Gasteiger partial charge is 0.497 e. The number of methoxy groups -OCH3 is 2. The van der Waals surface area contributed by atoms with E-state index in [-0.39, 0.29) is 5.56 Å². The molecule has 21 heavy (non-hydrogen) atoms. The summed E-state index contributed by atoms with van der Waals surface area (Å²) < 4.78 is 10.4. The van der Waals surface area contributed by atoms with Gasteiger partial charge in [0.15, 0.2) is 0 Å². The van der Waals surface area contributed by atoms with Crippen LogP contribution in [-0.2, 0) is 0 Å². The van der Waals surface area contributed by atoms with Gasteiger partial charge >= 0.3 is 5.97 Å². The lowest BCUT2D eigenvalue weighted by Gasteiger charge is -2.14. The molecule has 0 bridgehead atoms. The molecule has 0 radical (unpaired) electrons. The molecular formula is C15H14ClNO4. The first-order valence-corrected chi connectivity index (χ1v) is 6.45. The second kappa shape index (κ2) is 6.37. The van der Waals surface area contributed by atoms with Crippen molar-refractivity contribution in [1.29, 1.82) is 0 Å². The smallest absolute Gasteiger partial charge is 0.337 e. The van der Waals surface area contributed by atoms with Gasteiger partial charge in [0.05, 0.1) is 31.2 Å². The molecule has 0 unspecified atom stereocenters. The Bertz CT molecular complexity index is 673. The van der Waals surface area contributed by atoms with E-state index >= 15 is 0 Å². The predicted octanol–water partition coefficient (Wildman–Crippen LogP) is 3.80. The molecule has 0 fully saturated rings. The molecule has 2 N–H and O–H groups in total. The lowest BCUT2D eigenvalue weighted by atomic mass is 10.1. The van der Waals surface area contributed by atoms with Crippen LogP contribution >= 0.6 is 11.6 Å². The predicted molar refractivity (Wildman–Crippen MR) is 81.2 cm³/mol. The molecule has 0 saturated carbocycles. The monoisotopic (exact) mass is 307 g/mol. The maximum Gasteiger partial charge on any atom is 0.337 e. The van der Waals surface area contributed by atoms with Crippen molar-refractivity contribution in [2.45, 2.75) is 0 Å². The summed E-state index contributed by atoms with van der Waals surface area (Å²) in [5.41, 5.74) is 1.09. The molecule has 0 atom stereocenters. The molecule has 5 nitrogen and oxygen atoms in total. The second-order valence-corrected chi connectivity index (χ2v) is 4.62. The van der Waals surface area contributed by atoms with Crippen LogP contribution in [0.4, 0.5) is 11.4 Å². The average molecular weight is 308 g/mol. The Balaban J connectivity index is 2.44. The van der Waals surface area contributed by atoms with Crippen LogP contribution in [0.3, 0.4) is 0 Å². The number of carboxylic acid groups (broad SMARTS) is 1. The number of rotatable bonds is 5. The summed E-state index contributed by atoms with van der Waals surface area (Å²) in [5, 5.41) is 12.6. The molecule has 0 aliphatic rings. The van der Waals surface area contributed by atoms with Gasteiger partial charge in [-0.3, -0.25) is 0 Å². The summed E-state index contributed by atoms with van der Waals surface area (Å²) in [4.78, 5) is 11.3. The van der Waals surface area contributed by atoms with Crippen molar-refractivity contribution in [2.75, 3.05) is 19.5 Å². The van der Waals surface area contributed by atoms with E-state index in [9.17, 15) is 9.90 Å². The summed E-state index contributed by atoms with van der Waals surface area (Å²) in [6, 6.07) is 9.81. The van der Waals surface area contributed by atoms with E-state index in [0.29, 0.717) is 27.9 Å². The van der Waals surface area contributed by atoms with Crippen molar-refractivity contribution in [1.82, 2.24) is 0 Å². The second-order valence-electron chi connectivity index (χ2n) is 4.19. The van der Waals surface area contributed by atoms with Gasteiger partial charge < -0.3 is 19.9 Å². The minimum atomic E-state index is -1.07. The normalized spacial score (nSPS) is 10.0. The van der Waals surface area contributed by atoms with E-state index in [2.05, 4.69) is 5.32 Å². The van der Waals surface area contributed by atoms with Crippen LogP contribution in [0.1, 0.15) is 10.4 Å². The molecule has 2 aromatic rings. The van der Waals surface area contributed by atoms with Crippen LogP contribution in [0.25, 0.3) is 0 Å². The maximum absolute atomic E-state index is 11.3. The Morgan fingerprint density at radius 1 is 1.10 bits per heavy atom. The highest BCUT2D eigenvalue weighted by Crippen LogP contribution is 2.33. The molecule has 0 spiro atoms. The lowest BCUT2D eigenvalue weighted by Crippen LogP contribution is -2.03. The van der Waals surface area contributed by atoms with Gasteiger partial charge in [-0.15, -0.1) is 0 Å². The third kappa shape index (κ3) is 3.38. The van der Waals surface area contributed by atoms with E-state index in [1.165, 1.54) is 13.2 Å². The molecule has 2 aromatic carbocycles. The number of carboxylic acids is 1. The summed E-state index contributed by atoms with van der Waals surface area (Å²) in [6.07, 6.45) is 0. The van der Waals surface area contributed by atoms with Gasteiger partial charge in [-0.25, -0.2) is 4.79 Å². The van der Waals surface area contributed by atoms with Crippen molar-refractivity contribution < 1.29 is 19.4 Å². The zero-order chi connectivity index (χ0) is 15.4. The van der Waals surface area contributed by atoms with Crippen molar-refractivity contribution >= 4 is 28.9 Å². The molecule has 110 valence electrons. The quantitative estimate of drug-likeness (QED) is 0.879. The number of benzene rings is 2. The molecule has 0 aliphatic heterocycles. The van der Waals surface area contributed by atoms with Gasteiger partial charge in [0.25, 0.3) is 0 Å². The van der Waals surface area contributed by atoms with Crippen molar-refractivity contribution in [3.05, 3.63) is 47.0 Å². The van der Waals surface area contributed by atoms with Crippen LogP contribution in [0, 0.1) is 0 Å². The van der Waals surface area contributed by atoms with E-state index in [4.69, 9.17) is 21.1 Å². The fourth-order valence-electron chi connectivity index (χ4n) is 1.86. The Morgan fingerprint density at radius 2 is 1.86 bits per heavy atom. The van der Waals surface area contributed by atoms with Gasteiger partial charge in [-0.2, -0.15) is 0 Å². The zero-order valence-corrected chi connectivity index (χ0v) is 12.3. The molecular weight excluding hydrogens is 294 g/mol. The maximum atomic E-state index is 11.3. The number of ether oxygens (including phenoxy) is 2. The first kappa shape index (κ1) is 15.0. The van der Waals surface area contributed by atoms with Crippen LogP contribution in [0.15, 0.2) is 36.4 Å². The number of hydrogen-bond donors (Lipinski definition) is 2. The number of hydrogen-bond acceptors (Lipinski definition) is 4. The summed E-state index contributed by atoms with van der Waals surface area (Å²) in [7, 11) is 3.09. The van der Waals surface area contributed by atoms with Crippen LogP contribution in [0.2, 0.25) is 5.02 Å². The highest BCUT2D eigenvalue weighted by Gasteiger charge is 2.13. The minimum absolute atomic E-state index is 0.0763. The number of nitrogens with one attached hydrogen (secondary N) is 1. The fourth-order valence-corrected chi connectivity index (χ4v) is 2.03. The molecule has 0 amide bonds. The molecule has 0 aliphatic carbocycles. The van der Waals surface area contributed by atoms with E-state index in [1.54, 1.807) is 37.4 Å². The third-order valence-electron chi connectivity index (χ3n) is 2.89. The van der Waals surface area contributed by atoms with E-state index in [1.807, 2.05) is 0 Å². The number of halogens is 1. The molecule has 0 aromatic heterocycles. The van der Waals surface area contributed by atoms with E-state index in [0.717, 1.165) is 0 Å². The fraction of sp³-hybridized carbons (Fsp3) is 0.133. The van der Waals surface area contributed by atoms with Gasteiger partial charge in [-0.05, 0) is 30.3 Å². The third-order valence-corrected chi connectivity index (χ3v) is 3.12. The van der Waals surface area contributed by atoms with Crippen molar-refractivity contribution in [2.24, 2.45) is 0 Å². The lowest BCUT2D eigenvalue weighted by molar-refractivity contribution is 0.0698. The van der Waals surface area contributed by atoms with Crippen LogP contribution in [0.5, 0.6) is 11.5 Å². The summed E-state index contributed by atoms with van der Waals surface area (Å²) >= 11 is 5.83. The van der Waals surface area contributed by atoms with Crippen molar-refractivity contribution in [3.63, 3.8) is 0 Å². The van der Waals surface area contributed by atoms with Crippen LogP contribution < -0.4 is 14.8 Å². The molecule has 2 rings (SSSR count). The van der Waals surface area contributed by atoms with Gasteiger partial charge in [0.2, 0.25) is 0 Å². The van der Waals surface area contributed by atoms with Gasteiger partial charge in [-0.1, -0.05) is 11.6 Å². The Hall–Kier alpha value is -2.40. The molecule has 0 saturated heterocycles. The van der Waals surface area contributed by atoms with Gasteiger partial charge in [0, 0.05) is 11.1 Å². The summed E-state index contributed by atoms with van der Waals surface area (Å²) in [5.74, 6) is 0.132. The van der Waals surface area contributed by atoms with Gasteiger partial charge in [0.1, 0.15) is 11.5 Å². The summed E-state index contributed by atoms with van der Waals surface area (Å²) in [6.45, 7) is 0. The SMILES string of the molecule is COc1ccc(OC)c(Nc2ccc(Cl)cc2C(=O)O)c1. The van der Waals surface area contributed by atoms with Crippen molar-refractivity contribution in [3.8, 4) is 11.5 Å². The molecule has 0 heterocycles. The van der Waals surface area contributed by atoms with E-state index < -0.39 is 5.97 Å². The first-order chi connectivity index (χ1) is 10.0. The average Bonchev–Trinajstić information content (AvgIpc) is 2.48. The Kier molecular flexibility index (Phi) is 4.55. The first-order valence-electron chi connectivity index (χ1n) is 6.07. The topological polar surface area (TPSA) is 67.8 Å². The highest BCUT2D eigenvalue weighted by molar-refractivity contribution is 6.31. The highest BCUT2D eigenvalue weighted by atomic mass is 35.5. The zero-order valence-electron chi connectivity index (χ0n) is 11.5. The standard InChI is InChI=1S/C15H14ClNO4/c1-20-10-4-6-14(21-2)13(8-10)17-12-5-3-9(16)7-11(12)15(18)19/h3-8,17H,1-2H3,(H,18,19). The number of anilines is 2.